The van der Waals surface area contributed by atoms with Crippen LogP contribution in [0, 0.1) is 0 Å². The molecule has 0 aliphatic rings. The highest BCUT2D eigenvalue weighted by Gasteiger charge is 2.27. The van der Waals surface area contributed by atoms with Crippen LogP contribution >= 0.6 is 31.9 Å². The van der Waals surface area contributed by atoms with Crippen molar-refractivity contribution in [1.29, 1.82) is 0 Å². The molecule has 84 valence electrons. The molecule has 0 saturated heterocycles. The molecular formula is C10H9Br2F3. The van der Waals surface area contributed by atoms with Crippen LogP contribution in [-0.4, -0.2) is 6.18 Å². The van der Waals surface area contributed by atoms with Crippen molar-refractivity contribution in [2.24, 2.45) is 0 Å². The lowest BCUT2D eigenvalue weighted by atomic mass is 10.1. The molecule has 0 aromatic heterocycles. The maximum absolute atomic E-state index is 12.0. The van der Waals surface area contributed by atoms with Gasteiger partial charge in [-0.2, -0.15) is 13.2 Å². The van der Waals surface area contributed by atoms with Crippen molar-refractivity contribution in [3.05, 3.63) is 34.3 Å². The number of rotatable bonds is 3. The topological polar surface area (TPSA) is 0 Å². The zero-order valence-corrected chi connectivity index (χ0v) is 10.9. The van der Waals surface area contributed by atoms with E-state index in [1.807, 2.05) is 12.1 Å². The van der Waals surface area contributed by atoms with Crippen LogP contribution in [-0.2, 0) is 0 Å². The van der Waals surface area contributed by atoms with Crippen LogP contribution in [0.3, 0.4) is 0 Å². The van der Waals surface area contributed by atoms with Crippen LogP contribution in [0.1, 0.15) is 23.2 Å². The van der Waals surface area contributed by atoms with Crippen LogP contribution in [0.25, 0.3) is 0 Å². The summed E-state index contributed by atoms with van der Waals surface area (Å²) >= 11 is 6.52. The van der Waals surface area contributed by atoms with Crippen molar-refractivity contribution in [3.8, 4) is 0 Å². The van der Waals surface area contributed by atoms with Crippen molar-refractivity contribution in [1.82, 2.24) is 0 Å². The van der Waals surface area contributed by atoms with Crippen molar-refractivity contribution in [2.45, 2.75) is 23.8 Å². The van der Waals surface area contributed by atoms with Gasteiger partial charge in [-0.05, 0) is 24.1 Å². The Morgan fingerprint density at radius 1 is 1.13 bits per heavy atom. The van der Waals surface area contributed by atoms with Crippen molar-refractivity contribution >= 4 is 31.9 Å². The van der Waals surface area contributed by atoms with Gasteiger partial charge in [0.2, 0.25) is 0 Å². The van der Waals surface area contributed by atoms with Gasteiger partial charge in [-0.25, -0.2) is 0 Å². The van der Waals surface area contributed by atoms with Gasteiger partial charge in [-0.1, -0.05) is 44.0 Å². The Morgan fingerprint density at radius 3 is 2.13 bits per heavy atom. The van der Waals surface area contributed by atoms with Crippen LogP contribution in [0.5, 0.6) is 0 Å². The summed E-state index contributed by atoms with van der Waals surface area (Å²) in [5.41, 5.74) is 0.863. The summed E-state index contributed by atoms with van der Waals surface area (Å²) in [7, 11) is 0. The summed E-state index contributed by atoms with van der Waals surface area (Å²) in [6.07, 6.45) is -4.79. The summed E-state index contributed by atoms with van der Waals surface area (Å²) in [5, 5.41) is 0. The molecule has 0 bridgehead atoms. The number of hydrogen-bond donors (Lipinski definition) is 0. The van der Waals surface area contributed by atoms with E-state index in [0.717, 1.165) is 10.0 Å². The lowest BCUT2D eigenvalue weighted by Crippen LogP contribution is -2.08. The highest BCUT2D eigenvalue weighted by molar-refractivity contribution is 9.10. The third kappa shape index (κ3) is 5.02. The molecule has 5 heteroatoms. The second-order valence-corrected chi connectivity index (χ2v) is 5.19. The normalized spacial score (nSPS) is 13.9. The van der Waals surface area contributed by atoms with Crippen molar-refractivity contribution < 1.29 is 13.2 Å². The predicted octanol–water partition coefficient (Wildman–Crippen LogP) is 5.23. The Bertz CT molecular complexity index is 305. The van der Waals surface area contributed by atoms with Gasteiger partial charge in [0.1, 0.15) is 0 Å². The Labute approximate surface area is 103 Å². The van der Waals surface area contributed by atoms with Crippen molar-refractivity contribution in [2.75, 3.05) is 0 Å². The largest absolute Gasteiger partial charge is 0.389 e. The second-order valence-electron chi connectivity index (χ2n) is 3.17. The van der Waals surface area contributed by atoms with Crippen LogP contribution in [0.15, 0.2) is 28.7 Å². The molecule has 0 amide bonds. The van der Waals surface area contributed by atoms with Gasteiger partial charge in [0.25, 0.3) is 0 Å². The van der Waals surface area contributed by atoms with E-state index in [-0.39, 0.29) is 11.2 Å². The zero-order valence-electron chi connectivity index (χ0n) is 7.69. The summed E-state index contributed by atoms with van der Waals surface area (Å²) in [4.78, 5) is -0.243. The summed E-state index contributed by atoms with van der Waals surface area (Å²) < 4.78 is 36.8. The minimum Gasteiger partial charge on any atom is -0.171 e. The van der Waals surface area contributed by atoms with E-state index in [0.29, 0.717) is 0 Å². The molecule has 1 unspecified atom stereocenters. The minimum atomic E-state index is -4.08. The molecule has 0 N–H and O–H groups in total. The lowest BCUT2D eigenvalue weighted by Gasteiger charge is -2.11. The lowest BCUT2D eigenvalue weighted by molar-refractivity contribution is -0.135. The maximum Gasteiger partial charge on any atom is 0.389 e. The van der Waals surface area contributed by atoms with E-state index in [9.17, 15) is 13.2 Å². The molecule has 1 rings (SSSR count). The average Bonchev–Trinajstić information content (AvgIpc) is 2.14. The first-order chi connectivity index (χ1) is 6.88. The zero-order chi connectivity index (χ0) is 11.5. The Balaban J connectivity index is 2.54. The molecule has 0 nitrogen and oxygen atoms in total. The fourth-order valence-corrected chi connectivity index (χ4v) is 1.93. The molecule has 0 radical (unpaired) electrons. The third-order valence-corrected chi connectivity index (χ3v) is 3.43. The van der Waals surface area contributed by atoms with E-state index < -0.39 is 12.6 Å². The van der Waals surface area contributed by atoms with Crippen LogP contribution < -0.4 is 0 Å². The summed E-state index contributed by atoms with van der Waals surface area (Å²) in [6, 6.07) is 7.24. The molecule has 0 fully saturated rings. The predicted molar refractivity (Wildman–Crippen MR) is 61.1 cm³/mol. The Hall–Kier alpha value is -0.0300. The minimum absolute atomic E-state index is 0.0606. The molecule has 0 heterocycles. The standard InChI is InChI=1S/C10H9Br2F3/c11-8-3-1-7(2-4-8)9(12)5-6-10(13,14)15/h1-4,9H,5-6H2. The molecule has 0 aliphatic carbocycles. The van der Waals surface area contributed by atoms with Crippen molar-refractivity contribution in [3.63, 3.8) is 0 Å². The highest BCUT2D eigenvalue weighted by Crippen LogP contribution is 2.33. The molecule has 1 aromatic rings. The smallest absolute Gasteiger partial charge is 0.171 e. The monoisotopic (exact) mass is 344 g/mol. The Morgan fingerprint density at radius 2 is 1.67 bits per heavy atom. The molecular weight excluding hydrogens is 337 g/mol. The van der Waals surface area contributed by atoms with Gasteiger partial charge in [0, 0.05) is 15.7 Å². The van der Waals surface area contributed by atoms with Gasteiger partial charge in [-0.3, -0.25) is 0 Å². The average molecular weight is 346 g/mol. The van der Waals surface area contributed by atoms with E-state index in [2.05, 4.69) is 31.9 Å². The van der Waals surface area contributed by atoms with E-state index >= 15 is 0 Å². The SMILES string of the molecule is FC(F)(F)CCC(Br)c1ccc(Br)cc1. The van der Waals surface area contributed by atoms with Crippen LogP contribution in [0.4, 0.5) is 13.2 Å². The van der Waals surface area contributed by atoms with Crippen LogP contribution in [0.2, 0.25) is 0 Å². The van der Waals surface area contributed by atoms with E-state index in [1.54, 1.807) is 12.1 Å². The molecule has 1 aromatic carbocycles. The number of hydrogen-bond acceptors (Lipinski definition) is 0. The number of alkyl halides is 4. The number of benzene rings is 1. The van der Waals surface area contributed by atoms with Gasteiger partial charge < -0.3 is 0 Å². The first-order valence-electron chi connectivity index (χ1n) is 4.35. The first-order valence-corrected chi connectivity index (χ1v) is 6.05. The second kappa shape index (κ2) is 5.34. The molecule has 1 atom stereocenters. The molecule has 0 spiro atoms. The van der Waals surface area contributed by atoms with Gasteiger partial charge in [0.15, 0.2) is 0 Å². The quantitative estimate of drug-likeness (QED) is 0.658. The highest BCUT2D eigenvalue weighted by atomic mass is 79.9. The molecule has 15 heavy (non-hydrogen) atoms. The number of halogens is 5. The summed E-state index contributed by atoms with van der Waals surface area (Å²) in [5.74, 6) is 0. The van der Waals surface area contributed by atoms with Gasteiger partial charge in [-0.15, -0.1) is 0 Å². The molecule has 0 aliphatic heterocycles. The van der Waals surface area contributed by atoms with E-state index in [1.165, 1.54) is 0 Å². The van der Waals surface area contributed by atoms with E-state index in [4.69, 9.17) is 0 Å². The molecule has 0 saturated carbocycles. The fraction of sp³-hybridized carbons (Fsp3) is 0.400. The summed E-state index contributed by atoms with van der Waals surface area (Å²) in [6.45, 7) is 0. The van der Waals surface area contributed by atoms with Gasteiger partial charge >= 0.3 is 6.18 Å². The maximum atomic E-state index is 12.0. The fourth-order valence-electron chi connectivity index (χ4n) is 1.13. The third-order valence-electron chi connectivity index (χ3n) is 1.91. The van der Waals surface area contributed by atoms with Gasteiger partial charge in [0.05, 0.1) is 0 Å². The Kier molecular flexibility index (Phi) is 4.64. The first kappa shape index (κ1) is 13.0.